The summed E-state index contributed by atoms with van der Waals surface area (Å²) in [6.07, 6.45) is 0.640. The number of anilines is 1. The van der Waals surface area contributed by atoms with E-state index in [9.17, 15) is 9.18 Å². The third-order valence-electron chi connectivity index (χ3n) is 2.98. The number of nitrogens with one attached hydrogen (secondary N) is 1. The van der Waals surface area contributed by atoms with E-state index in [4.69, 9.17) is 5.73 Å². The Morgan fingerprint density at radius 1 is 1.59 bits per heavy atom. The van der Waals surface area contributed by atoms with Gasteiger partial charge in [-0.05, 0) is 48.1 Å². The van der Waals surface area contributed by atoms with Gasteiger partial charge in [0, 0.05) is 6.54 Å². The molecule has 0 aliphatic carbocycles. The topological polar surface area (TPSA) is 55.1 Å². The van der Waals surface area contributed by atoms with Gasteiger partial charge in [-0.2, -0.15) is 0 Å². The van der Waals surface area contributed by atoms with Crippen LogP contribution in [0.3, 0.4) is 0 Å². The number of hydrogen-bond donors (Lipinski definition) is 2. The highest BCUT2D eigenvalue weighted by Crippen LogP contribution is 2.25. The van der Waals surface area contributed by atoms with Crippen molar-refractivity contribution in [1.82, 2.24) is 0 Å². The monoisotopic (exact) mass is 350 g/mol. The lowest BCUT2D eigenvalue weighted by atomic mass is 9.86. The second-order valence-corrected chi connectivity index (χ2v) is 5.25. The molecule has 0 saturated carbocycles. The Balaban J connectivity index is 2.92. The van der Waals surface area contributed by atoms with Crippen molar-refractivity contribution in [3.8, 4) is 0 Å². The van der Waals surface area contributed by atoms with Gasteiger partial charge in [0.25, 0.3) is 0 Å². The number of nitrogens with two attached hydrogens (primary N) is 1. The Morgan fingerprint density at radius 2 is 2.24 bits per heavy atom. The van der Waals surface area contributed by atoms with Crippen LogP contribution in [0.2, 0.25) is 0 Å². The lowest BCUT2D eigenvalue weighted by Crippen LogP contribution is -2.39. The maximum atomic E-state index is 13.3. The molecular weight excluding hydrogens is 334 g/mol. The maximum Gasteiger partial charge on any atom is 0.231 e. The summed E-state index contributed by atoms with van der Waals surface area (Å²) in [6, 6.07) is 4.60. The third-order valence-corrected chi connectivity index (χ3v) is 4.08. The zero-order chi connectivity index (χ0) is 13.1. The summed E-state index contributed by atoms with van der Waals surface area (Å²) in [7, 11) is 0. The van der Waals surface area contributed by atoms with Crippen LogP contribution in [-0.2, 0) is 4.79 Å². The van der Waals surface area contributed by atoms with Crippen LogP contribution in [-0.4, -0.2) is 12.5 Å². The Labute approximate surface area is 114 Å². The van der Waals surface area contributed by atoms with Gasteiger partial charge in [-0.1, -0.05) is 13.0 Å². The van der Waals surface area contributed by atoms with Crippen LogP contribution in [0.25, 0.3) is 0 Å². The highest BCUT2D eigenvalue weighted by Gasteiger charge is 2.30. The minimum Gasteiger partial charge on any atom is -0.329 e. The van der Waals surface area contributed by atoms with Crippen LogP contribution in [0, 0.1) is 14.8 Å². The molecule has 0 saturated heterocycles. The molecule has 1 aromatic rings. The van der Waals surface area contributed by atoms with E-state index in [1.165, 1.54) is 6.07 Å². The predicted octanol–water partition coefficient (Wildman–Crippen LogP) is 2.74. The lowest BCUT2D eigenvalue weighted by molar-refractivity contribution is -0.124. The van der Waals surface area contributed by atoms with Crippen molar-refractivity contribution in [3.05, 3.63) is 27.6 Å². The summed E-state index contributed by atoms with van der Waals surface area (Å²) in [6.45, 7) is 3.97. The van der Waals surface area contributed by atoms with E-state index in [1.807, 2.05) is 29.5 Å². The van der Waals surface area contributed by atoms with Gasteiger partial charge in [0.1, 0.15) is 5.82 Å². The quantitative estimate of drug-likeness (QED) is 0.821. The Bertz CT molecular complexity index is 419. The molecule has 0 aliphatic heterocycles. The molecule has 1 amide bonds. The largest absolute Gasteiger partial charge is 0.329 e. The fraction of sp³-hybridized carbons (Fsp3) is 0.417. The number of benzene rings is 1. The van der Waals surface area contributed by atoms with Gasteiger partial charge >= 0.3 is 0 Å². The van der Waals surface area contributed by atoms with E-state index in [0.717, 1.165) is 0 Å². The smallest absolute Gasteiger partial charge is 0.231 e. The number of carbonyl (C=O) groups is 1. The molecule has 1 rings (SSSR count). The molecule has 94 valence electrons. The normalized spacial score (nSPS) is 14.2. The van der Waals surface area contributed by atoms with Gasteiger partial charge in [0.05, 0.1) is 14.7 Å². The summed E-state index contributed by atoms with van der Waals surface area (Å²) in [4.78, 5) is 12.0. The summed E-state index contributed by atoms with van der Waals surface area (Å²) in [5.74, 6) is -0.514. The SMILES string of the molecule is CCC(C)(CN)C(=O)Nc1cccc(F)c1I. The molecule has 1 unspecified atom stereocenters. The van der Waals surface area contributed by atoms with Gasteiger partial charge in [0.15, 0.2) is 0 Å². The van der Waals surface area contributed by atoms with Crippen LogP contribution >= 0.6 is 22.6 Å². The number of hydrogen-bond acceptors (Lipinski definition) is 2. The minimum atomic E-state index is -0.616. The number of amides is 1. The average molecular weight is 350 g/mol. The lowest BCUT2D eigenvalue weighted by Gasteiger charge is -2.25. The first kappa shape index (κ1) is 14.4. The first-order valence-electron chi connectivity index (χ1n) is 5.40. The van der Waals surface area contributed by atoms with Gasteiger partial charge in [0.2, 0.25) is 5.91 Å². The van der Waals surface area contributed by atoms with Crippen molar-refractivity contribution in [3.63, 3.8) is 0 Å². The zero-order valence-electron chi connectivity index (χ0n) is 9.89. The van der Waals surface area contributed by atoms with Gasteiger partial charge < -0.3 is 11.1 Å². The van der Waals surface area contributed by atoms with Crippen LogP contribution in [0.1, 0.15) is 20.3 Å². The fourth-order valence-corrected chi connectivity index (χ4v) is 1.77. The molecule has 5 heteroatoms. The summed E-state index contributed by atoms with van der Waals surface area (Å²) in [5, 5.41) is 2.73. The number of carbonyl (C=O) groups excluding carboxylic acids is 1. The van der Waals surface area contributed by atoms with Gasteiger partial charge in [-0.3, -0.25) is 4.79 Å². The van der Waals surface area contributed by atoms with Crippen LogP contribution in [0.15, 0.2) is 18.2 Å². The van der Waals surface area contributed by atoms with Gasteiger partial charge in [-0.15, -0.1) is 0 Å². The van der Waals surface area contributed by atoms with E-state index < -0.39 is 5.41 Å². The minimum absolute atomic E-state index is 0.175. The molecule has 17 heavy (non-hydrogen) atoms. The summed E-state index contributed by atoms with van der Waals surface area (Å²) in [5.41, 5.74) is 5.48. The second kappa shape index (κ2) is 5.77. The standard InChI is InChI=1S/C12H16FIN2O/c1-3-12(2,7-15)11(17)16-9-6-4-5-8(13)10(9)14/h4-6H,3,7,15H2,1-2H3,(H,16,17). The van der Waals surface area contributed by atoms with Gasteiger partial charge in [-0.25, -0.2) is 4.39 Å². The van der Waals surface area contributed by atoms with E-state index in [2.05, 4.69) is 5.32 Å². The fourth-order valence-electron chi connectivity index (χ4n) is 1.27. The molecule has 1 atom stereocenters. The molecule has 0 fully saturated rings. The number of halogens is 2. The molecule has 0 heterocycles. The maximum absolute atomic E-state index is 13.3. The Hall–Kier alpha value is -0.690. The first-order chi connectivity index (χ1) is 7.94. The van der Waals surface area contributed by atoms with E-state index >= 15 is 0 Å². The number of rotatable bonds is 4. The molecule has 3 nitrogen and oxygen atoms in total. The molecular formula is C12H16FIN2O. The van der Waals surface area contributed by atoms with E-state index in [1.54, 1.807) is 19.1 Å². The molecule has 0 bridgehead atoms. The van der Waals surface area contributed by atoms with Crippen molar-refractivity contribution in [2.45, 2.75) is 20.3 Å². The highest BCUT2D eigenvalue weighted by atomic mass is 127. The molecule has 0 spiro atoms. The zero-order valence-corrected chi connectivity index (χ0v) is 12.0. The Kier molecular flexibility index (Phi) is 4.88. The van der Waals surface area contributed by atoms with Crippen LogP contribution < -0.4 is 11.1 Å². The van der Waals surface area contributed by atoms with Crippen LogP contribution in [0.4, 0.5) is 10.1 Å². The van der Waals surface area contributed by atoms with Crippen LogP contribution in [0.5, 0.6) is 0 Å². The average Bonchev–Trinajstić information content (AvgIpc) is 2.33. The molecule has 0 aromatic heterocycles. The second-order valence-electron chi connectivity index (χ2n) is 4.17. The third kappa shape index (κ3) is 3.16. The predicted molar refractivity (Wildman–Crippen MR) is 75.2 cm³/mol. The first-order valence-corrected chi connectivity index (χ1v) is 6.48. The van der Waals surface area contributed by atoms with Crippen molar-refractivity contribution < 1.29 is 9.18 Å². The summed E-state index contributed by atoms with van der Waals surface area (Å²) >= 11 is 1.87. The molecule has 3 N–H and O–H groups in total. The molecule has 0 aliphatic rings. The highest BCUT2D eigenvalue weighted by molar-refractivity contribution is 14.1. The van der Waals surface area contributed by atoms with Crippen molar-refractivity contribution in [1.29, 1.82) is 0 Å². The summed E-state index contributed by atoms with van der Waals surface area (Å²) < 4.78 is 13.7. The molecule has 1 aromatic carbocycles. The van der Waals surface area contributed by atoms with Crippen molar-refractivity contribution >= 4 is 34.2 Å². The van der Waals surface area contributed by atoms with Crippen molar-refractivity contribution in [2.75, 3.05) is 11.9 Å². The molecule has 0 radical (unpaired) electrons. The van der Waals surface area contributed by atoms with E-state index in [-0.39, 0.29) is 18.3 Å². The Morgan fingerprint density at radius 3 is 2.76 bits per heavy atom. The van der Waals surface area contributed by atoms with E-state index in [0.29, 0.717) is 15.7 Å². The van der Waals surface area contributed by atoms with Crippen molar-refractivity contribution in [2.24, 2.45) is 11.1 Å².